The molecule has 1 saturated carbocycles. The van der Waals surface area contributed by atoms with Crippen LogP contribution in [0.2, 0.25) is 0 Å². The molecule has 3 nitrogen and oxygen atoms in total. The van der Waals surface area contributed by atoms with E-state index in [9.17, 15) is 4.79 Å². The lowest BCUT2D eigenvalue weighted by Gasteiger charge is -2.31. The molecule has 106 valence electrons. The van der Waals surface area contributed by atoms with E-state index in [2.05, 4.69) is 4.90 Å². The van der Waals surface area contributed by atoms with Crippen molar-refractivity contribution in [3.8, 4) is 0 Å². The Morgan fingerprint density at radius 1 is 1.22 bits per heavy atom. The fraction of sp³-hybridized carbons (Fsp3) is 0.929. The van der Waals surface area contributed by atoms with Crippen LogP contribution in [0.1, 0.15) is 58.3 Å². The summed E-state index contributed by atoms with van der Waals surface area (Å²) < 4.78 is 0. The van der Waals surface area contributed by atoms with Crippen molar-refractivity contribution in [2.75, 3.05) is 6.54 Å². The lowest BCUT2D eigenvalue weighted by Crippen LogP contribution is -2.45. The second-order valence-electron chi connectivity index (χ2n) is 5.86. The number of carbonyl (C=O) groups is 1. The van der Waals surface area contributed by atoms with Crippen molar-refractivity contribution in [3.63, 3.8) is 0 Å². The summed E-state index contributed by atoms with van der Waals surface area (Å²) in [4.78, 5) is 14.1. The number of rotatable bonds is 3. The number of carbonyl (C=O) groups excluding carboxylic acids is 1. The summed E-state index contributed by atoms with van der Waals surface area (Å²) in [5, 5.41) is 0. The van der Waals surface area contributed by atoms with E-state index in [1.165, 1.54) is 44.9 Å². The van der Waals surface area contributed by atoms with Gasteiger partial charge in [0.1, 0.15) is 0 Å². The van der Waals surface area contributed by atoms with Gasteiger partial charge in [-0.1, -0.05) is 32.1 Å². The van der Waals surface area contributed by atoms with Crippen LogP contribution in [0.3, 0.4) is 0 Å². The average Bonchev–Trinajstić information content (AvgIpc) is 2.77. The van der Waals surface area contributed by atoms with Crippen molar-refractivity contribution in [1.82, 2.24) is 4.90 Å². The lowest BCUT2D eigenvalue weighted by atomic mass is 9.84. The molecule has 1 aliphatic carbocycles. The fourth-order valence-electron chi connectivity index (χ4n) is 3.44. The quantitative estimate of drug-likeness (QED) is 0.860. The molecular formula is C14H27ClN2O. The third-order valence-corrected chi connectivity index (χ3v) is 4.38. The largest absolute Gasteiger partial charge is 0.338 e. The number of amides is 1. The predicted octanol–water partition coefficient (Wildman–Crippen LogP) is 2.72. The zero-order chi connectivity index (χ0) is 12.3. The lowest BCUT2D eigenvalue weighted by molar-refractivity contribution is -0.133. The van der Waals surface area contributed by atoms with E-state index < -0.39 is 0 Å². The van der Waals surface area contributed by atoms with Gasteiger partial charge in [0.2, 0.25) is 5.91 Å². The van der Waals surface area contributed by atoms with Gasteiger partial charge >= 0.3 is 0 Å². The monoisotopic (exact) mass is 274 g/mol. The second-order valence-corrected chi connectivity index (χ2v) is 5.86. The van der Waals surface area contributed by atoms with Crippen molar-refractivity contribution in [3.05, 3.63) is 0 Å². The topological polar surface area (TPSA) is 46.3 Å². The van der Waals surface area contributed by atoms with E-state index in [-0.39, 0.29) is 24.4 Å². The maximum Gasteiger partial charge on any atom is 0.239 e. The number of hydrogen-bond donors (Lipinski definition) is 1. The minimum absolute atomic E-state index is 0. The van der Waals surface area contributed by atoms with Crippen LogP contribution in [0.15, 0.2) is 0 Å². The Morgan fingerprint density at radius 2 is 1.89 bits per heavy atom. The van der Waals surface area contributed by atoms with Gasteiger partial charge in [0.05, 0.1) is 6.04 Å². The van der Waals surface area contributed by atoms with Gasteiger partial charge in [-0.2, -0.15) is 0 Å². The van der Waals surface area contributed by atoms with Crippen LogP contribution in [0.4, 0.5) is 0 Å². The standard InChI is InChI=1S/C14H26N2O.ClH/c1-11(15)14(17)16-9-5-8-13(16)10-12-6-3-2-4-7-12;/h11-13H,2-10,15H2,1H3;1H/t11-,13?;/m0./s1. The van der Waals surface area contributed by atoms with Gasteiger partial charge in [-0.25, -0.2) is 0 Å². The van der Waals surface area contributed by atoms with Crippen LogP contribution in [0.25, 0.3) is 0 Å². The molecule has 0 bridgehead atoms. The van der Waals surface area contributed by atoms with Crippen LogP contribution < -0.4 is 5.73 Å². The van der Waals surface area contributed by atoms with Gasteiger partial charge in [-0.15, -0.1) is 12.4 Å². The zero-order valence-electron chi connectivity index (χ0n) is 11.4. The third kappa shape index (κ3) is 3.86. The van der Waals surface area contributed by atoms with Crippen LogP contribution in [0.5, 0.6) is 0 Å². The van der Waals surface area contributed by atoms with E-state index in [0.29, 0.717) is 6.04 Å². The first-order valence-corrected chi connectivity index (χ1v) is 7.24. The molecule has 2 aliphatic rings. The van der Waals surface area contributed by atoms with Crippen molar-refractivity contribution < 1.29 is 4.79 Å². The molecule has 1 aliphatic heterocycles. The average molecular weight is 275 g/mol. The molecule has 2 atom stereocenters. The molecule has 18 heavy (non-hydrogen) atoms. The first kappa shape index (κ1) is 15.8. The smallest absolute Gasteiger partial charge is 0.239 e. The summed E-state index contributed by atoms with van der Waals surface area (Å²) in [6.07, 6.45) is 10.5. The first-order chi connectivity index (χ1) is 8.18. The van der Waals surface area contributed by atoms with Crippen LogP contribution in [0, 0.1) is 5.92 Å². The van der Waals surface area contributed by atoms with Crippen LogP contribution in [-0.4, -0.2) is 29.4 Å². The molecule has 0 radical (unpaired) electrons. The van der Waals surface area contributed by atoms with E-state index in [4.69, 9.17) is 5.73 Å². The summed E-state index contributed by atoms with van der Waals surface area (Å²) in [6.45, 7) is 2.73. The number of nitrogens with zero attached hydrogens (tertiary/aromatic N) is 1. The van der Waals surface area contributed by atoms with Crippen LogP contribution in [-0.2, 0) is 4.79 Å². The van der Waals surface area contributed by atoms with Gasteiger partial charge in [0.25, 0.3) is 0 Å². The summed E-state index contributed by atoms with van der Waals surface area (Å²) >= 11 is 0. The summed E-state index contributed by atoms with van der Waals surface area (Å²) in [5.74, 6) is 1.01. The Morgan fingerprint density at radius 3 is 2.50 bits per heavy atom. The van der Waals surface area contributed by atoms with Gasteiger partial charge in [0.15, 0.2) is 0 Å². The minimum Gasteiger partial charge on any atom is -0.338 e. The first-order valence-electron chi connectivity index (χ1n) is 7.24. The van der Waals surface area contributed by atoms with E-state index in [1.54, 1.807) is 6.92 Å². The number of hydrogen-bond acceptors (Lipinski definition) is 2. The molecule has 1 amide bonds. The van der Waals surface area contributed by atoms with Crippen molar-refractivity contribution >= 4 is 18.3 Å². The molecule has 0 aromatic carbocycles. The molecule has 2 N–H and O–H groups in total. The van der Waals surface area contributed by atoms with Gasteiger partial charge in [0, 0.05) is 12.6 Å². The highest BCUT2D eigenvalue weighted by molar-refractivity contribution is 5.85. The minimum atomic E-state index is -0.332. The van der Waals surface area contributed by atoms with Crippen molar-refractivity contribution in [1.29, 1.82) is 0 Å². The maximum absolute atomic E-state index is 12.0. The molecule has 0 aromatic heterocycles. The van der Waals surface area contributed by atoms with Crippen LogP contribution >= 0.6 is 12.4 Å². The highest BCUT2D eigenvalue weighted by Crippen LogP contribution is 2.32. The van der Waals surface area contributed by atoms with E-state index >= 15 is 0 Å². The summed E-state index contributed by atoms with van der Waals surface area (Å²) in [6, 6.07) is 0.151. The Labute approximate surface area is 117 Å². The van der Waals surface area contributed by atoms with Gasteiger partial charge in [-0.05, 0) is 32.1 Å². The number of halogens is 1. The Kier molecular flexibility index (Phi) is 6.44. The molecule has 2 rings (SSSR count). The van der Waals surface area contributed by atoms with Crippen molar-refractivity contribution in [2.45, 2.75) is 70.4 Å². The SMILES string of the molecule is C[C@H](N)C(=O)N1CCCC1CC1CCCCC1.Cl. The number of likely N-dealkylation sites (tertiary alicyclic amines) is 1. The van der Waals surface area contributed by atoms with Gasteiger partial charge < -0.3 is 10.6 Å². The predicted molar refractivity (Wildman–Crippen MR) is 76.8 cm³/mol. The molecule has 1 heterocycles. The molecule has 2 fully saturated rings. The maximum atomic E-state index is 12.0. The molecular weight excluding hydrogens is 248 g/mol. The highest BCUT2D eigenvalue weighted by atomic mass is 35.5. The van der Waals surface area contributed by atoms with E-state index in [1.807, 2.05) is 0 Å². The number of nitrogens with two attached hydrogens (primary N) is 1. The second kappa shape index (κ2) is 7.34. The summed E-state index contributed by atoms with van der Waals surface area (Å²) in [7, 11) is 0. The Balaban J connectivity index is 0.00000162. The van der Waals surface area contributed by atoms with Gasteiger partial charge in [-0.3, -0.25) is 4.79 Å². The molecule has 1 saturated heterocycles. The molecule has 0 aromatic rings. The van der Waals surface area contributed by atoms with Crippen molar-refractivity contribution in [2.24, 2.45) is 11.7 Å². The Bertz CT molecular complexity index is 265. The molecule has 1 unspecified atom stereocenters. The fourth-order valence-corrected chi connectivity index (χ4v) is 3.44. The Hall–Kier alpha value is -0.280. The zero-order valence-corrected chi connectivity index (χ0v) is 12.3. The van der Waals surface area contributed by atoms with E-state index in [0.717, 1.165) is 18.9 Å². The third-order valence-electron chi connectivity index (χ3n) is 4.38. The summed E-state index contributed by atoms with van der Waals surface area (Å²) in [5.41, 5.74) is 5.72. The molecule has 0 spiro atoms. The normalized spacial score (nSPS) is 26.8. The highest BCUT2D eigenvalue weighted by Gasteiger charge is 2.32. The molecule has 4 heteroatoms.